The summed E-state index contributed by atoms with van der Waals surface area (Å²) >= 11 is 0. The largest absolute Gasteiger partial charge is 0.365 e. The Balaban J connectivity index is 1.92. The van der Waals surface area contributed by atoms with Crippen LogP contribution < -0.4 is 21.7 Å². The Bertz CT molecular complexity index is 997. The number of amides is 1. The van der Waals surface area contributed by atoms with Crippen LogP contribution in [0, 0.1) is 0 Å². The lowest BCUT2D eigenvalue weighted by molar-refractivity contribution is 0.100. The van der Waals surface area contributed by atoms with Crippen molar-refractivity contribution in [2.75, 3.05) is 23.8 Å². The zero-order valence-corrected chi connectivity index (χ0v) is 16.1. The van der Waals surface area contributed by atoms with Gasteiger partial charge in [0.05, 0.1) is 18.1 Å². The zero-order valence-electron chi connectivity index (χ0n) is 16.1. The quantitative estimate of drug-likeness (QED) is 0.473. The van der Waals surface area contributed by atoms with E-state index in [2.05, 4.69) is 25.5 Å². The molecule has 3 rings (SSSR count). The van der Waals surface area contributed by atoms with Crippen LogP contribution in [0.5, 0.6) is 0 Å². The van der Waals surface area contributed by atoms with Gasteiger partial charge in [-0.25, -0.2) is 13.8 Å². The van der Waals surface area contributed by atoms with E-state index in [1.165, 1.54) is 15.9 Å². The van der Waals surface area contributed by atoms with E-state index in [4.69, 9.17) is 11.5 Å². The van der Waals surface area contributed by atoms with Gasteiger partial charge in [0.25, 0.3) is 5.91 Å². The number of aromatic nitrogens is 5. The van der Waals surface area contributed by atoms with Gasteiger partial charge in [-0.1, -0.05) is 6.07 Å². The predicted molar refractivity (Wildman–Crippen MR) is 107 cm³/mol. The smallest absolute Gasteiger partial charge is 0.254 e. The van der Waals surface area contributed by atoms with Crippen molar-refractivity contribution in [2.24, 2.45) is 11.5 Å². The van der Waals surface area contributed by atoms with E-state index in [9.17, 15) is 13.6 Å². The second-order valence-electron chi connectivity index (χ2n) is 6.42. The summed E-state index contributed by atoms with van der Waals surface area (Å²) in [5.74, 6) is -0.471. The monoisotopic (exact) mass is 417 g/mol. The van der Waals surface area contributed by atoms with Gasteiger partial charge in [0.2, 0.25) is 12.4 Å². The number of hydrogen-bond donors (Lipinski definition) is 3. The van der Waals surface area contributed by atoms with Crippen molar-refractivity contribution in [1.29, 1.82) is 0 Å². The fraction of sp³-hybridized carbons (Fsp3) is 0.278. The first-order valence-corrected chi connectivity index (χ1v) is 9.00. The topological polar surface area (TPSA) is 141 Å². The number of rotatable bonds is 9. The molecule has 30 heavy (non-hydrogen) atoms. The Morgan fingerprint density at radius 3 is 2.67 bits per heavy atom. The van der Waals surface area contributed by atoms with Crippen molar-refractivity contribution >= 4 is 23.4 Å². The molecule has 12 heteroatoms. The maximum absolute atomic E-state index is 12.8. The average molecular weight is 417 g/mol. The summed E-state index contributed by atoms with van der Waals surface area (Å²) in [5, 5.41) is 11.2. The lowest BCUT2D eigenvalue weighted by Crippen LogP contribution is -2.40. The summed E-state index contributed by atoms with van der Waals surface area (Å²) in [4.78, 5) is 23.1. The molecule has 0 saturated carbocycles. The molecule has 1 amide bonds. The van der Waals surface area contributed by atoms with Gasteiger partial charge in [0.15, 0.2) is 0 Å². The summed E-state index contributed by atoms with van der Waals surface area (Å²) in [6.07, 6.45) is 1.38. The molecule has 2 aromatic heterocycles. The zero-order chi connectivity index (χ0) is 21.7. The highest BCUT2D eigenvalue weighted by atomic mass is 19.3. The number of nitrogens with one attached hydrogen (secondary N) is 1. The van der Waals surface area contributed by atoms with Crippen molar-refractivity contribution in [1.82, 2.24) is 25.0 Å². The molecule has 1 atom stereocenters. The van der Waals surface area contributed by atoms with E-state index < -0.39 is 24.8 Å². The van der Waals surface area contributed by atoms with Crippen LogP contribution in [0.25, 0.3) is 5.69 Å². The number of benzene rings is 1. The van der Waals surface area contributed by atoms with Gasteiger partial charge in [0.1, 0.15) is 11.4 Å². The summed E-state index contributed by atoms with van der Waals surface area (Å²) in [5.41, 5.74) is 12.4. The number of likely N-dealkylation sites (N-methyl/N-ethyl adjacent to an activating group) is 1. The van der Waals surface area contributed by atoms with E-state index in [0.717, 1.165) is 0 Å². The molecule has 0 bridgehead atoms. The number of nitrogens with zero attached hydrogens (tertiary/aromatic N) is 6. The summed E-state index contributed by atoms with van der Waals surface area (Å²) in [7, 11) is 1.56. The lowest BCUT2D eigenvalue weighted by Gasteiger charge is -2.27. The van der Waals surface area contributed by atoms with Crippen LogP contribution in [0.4, 0.5) is 26.2 Å². The van der Waals surface area contributed by atoms with Gasteiger partial charge in [-0.05, 0) is 18.2 Å². The lowest BCUT2D eigenvalue weighted by atomic mass is 10.2. The van der Waals surface area contributed by atoms with Crippen molar-refractivity contribution in [3.05, 3.63) is 48.4 Å². The number of alkyl halides is 2. The molecule has 10 nitrogen and oxygen atoms in total. The number of primary amides is 1. The fourth-order valence-corrected chi connectivity index (χ4v) is 2.79. The van der Waals surface area contributed by atoms with Gasteiger partial charge in [-0.3, -0.25) is 4.79 Å². The maximum atomic E-state index is 12.8. The third kappa shape index (κ3) is 4.84. The molecule has 158 valence electrons. The highest BCUT2D eigenvalue weighted by molar-refractivity contribution is 5.98. The molecule has 1 unspecified atom stereocenters. The Morgan fingerprint density at radius 1 is 1.30 bits per heavy atom. The third-order valence-electron chi connectivity index (χ3n) is 4.39. The van der Waals surface area contributed by atoms with E-state index in [-0.39, 0.29) is 23.9 Å². The highest BCUT2D eigenvalue weighted by Crippen LogP contribution is 2.23. The fourth-order valence-electron chi connectivity index (χ4n) is 2.79. The summed E-state index contributed by atoms with van der Waals surface area (Å²) in [6, 6.07) is 6.40. The van der Waals surface area contributed by atoms with Crippen LogP contribution in [0.15, 0.2) is 42.9 Å². The van der Waals surface area contributed by atoms with Gasteiger partial charge >= 0.3 is 0 Å². The number of halogens is 2. The third-order valence-corrected chi connectivity index (χ3v) is 4.39. The Hall–Kier alpha value is -3.67. The average Bonchev–Trinajstić information content (AvgIpc) is 3.26. The molecule has 1 aromatic carbocycles. The second kappa shape index (κ2) is 9.22. The minimum Gasteiger partial charge on any atom is -0.365 e. The molecule has 0 fully saturated rings. The maximum Gasteiger partial charge on any atom is 0.254 e. The highest BCUT2D eigenvalue weighted by Gasteiger charge is 2.22. The molecule has 0 saturated heterocycles. The normalized spacial score (nSPS) is 12.0. The van der Waals surface area contributed by atoms with Gasteiger partial charge < -0.3 is 21.7 Å². The van der Waals surface area contributed by atoms with Crippen molar-refractivity contribution in [3.8, 4) is 5.69 Å². The molecule has 0 radical (unpaired) electrons. The molecule has 5 N–H and O–H groups in total. The number of carbonyl (C=O) groups is 1. The van der Waals surface area contributed by atoms with Crippen molar-refractivity contribution < 1.29 is 13.6 Å². The molecular formula is C18H21F2N9O. The Kier molecular flexibility index (Phi) is 6.47. The second-order valence-corrected chi connectivity index (χ2v) is 6.42. The van der Waals surface area contributed by atoms with Crippen LogP contribution >= 0.6 is 0 Å². The Morgan fingerprint density at radius 2 is 2.03 bits per heavy atom. The number of anilines is 3. The molecule has 2 heterocycles. The van der Waals surface area contributed by atoms with Gasteiger partial charge in [0, 0.05) is 37.9 Å². The van der Waals surface area contributed by atoms with Gasteiger partial charge in [-0.15, -0.1) is 0 Å². The van der Waals surface area contributed by atoms with Crippen LogP contribution in [-0.4, -0.2) is 56.9 Å². The van der Waals surface area contributed by atoms with Crippen LogP contribution in [0.1, 0.15) is 16.8 Å². The van der Waals surface area contributed by atoms with Crippen LogP contribution in [0.2, 0.25) is 0 Å². The first-order valence-electron chi connectivity index (χ1n) is 9.00. The summed E-state index contributed by atoms with van der Waals surface area (Å²) in [6.45, 7) is -0.0105. The number of hydrogen-bond acceptors (Lipinski definition) is 8. The minimum absolute atomic E-state index is 0.0105. The number of nitrogens with two attached hydrogens (primary N) is 2. The summed E-state index contributed by atoms with van der Waals surface area (Å²) < 4.78 is 25.7. The van der Waals surface area contributed by atoms with E-state index in [0.29, 0.717) is 11.4 Å². The van der Waals surface area contributed by atoms with E-state index in [1.807, 2.05) is 0 Å². The van der Waals surface area contributed by atoms with Crippen molar-refractivity contribution in [2.45, 2.75) is 18.9 Å². The van der Waals surface area contributed by atoms with Crippen molar-refractivity contribution in [3.63, 3.8) is 0 Å². The Labute approximate surface area is 170 Å². The molecule has 0 aliphatic rings. The van der Waals surface area contributed by atoms with Crippen LogP contribution in [-0.2, 0) is 0 Å². The van der Waals surface area contributed by atoms with E-state index >= 15 is 0 Å². The molecule has 0 aliphatic heterocycles. The molecule has 0 spiro atoms. The minimum atomic E-state index is -2.53. The molecule has 0 aliphatic carbocycles. The first-order chi connectivity index (χ1) is 14.4. The van der Waals surface area contributed by atoms with Crippen LogP contribution in [0.3, 0.4) is 0 Å². The van der Waals surface area contributed by atoms with E-state index in [1.54, 1.807) is 43.7 Å². The number of carbonyl (C=O) groups excluding carboxylic acids is 1. The predicted octanol–water partition coefficient (Wildman–Crippen LogP) is 1.32. The van der Waals surface area contributed by atoms with Gasteiger partial charge in [-0.2, -0.15) is 20.0 Å². The SMILES string of the molecule is CN(c1ncc(C(N)=O)c(Nc2cccc(-n3nccn3)c2)n1)C(CN)CC(F)F. The standard InChI is InChI=1S/C18H21F2N9O/c1-28(13(9-21)8-15(19)20)18-23-10-14(16(22)30)17(27-18)26-11-3-2-4-12(7-11)29-24-5-6-25-29/h2-7,10,13,15H,8-9,21H2,1H3,(H2,22,30)(H,23,26,27). The molecular weight excluding hydrogens is 396 g/mol. The molecule has 3 aromatic rings. The first kappa shape index (κ1) is 21.0.